The highest BCUT2D eigenvalue weighted by Crippen LogP contribution is 2.32. The number of hydrogen-bond acceptors (Lipinski definition) is 3. The van der Waals surface area contributed by atoms with E-state index in [4.69, 9.17) is 28.9 Å². The lowest BCUT2D eigenvalue weighted by Crippen LogP contribution is -2.35. The van der Waals surface area contributed by atoms with Gasteiger partial charge in [0.25, 0.3) is 0 Å². The second-order valence-corrected chi connectivity index (χ2v) is 6.96. The average molecular weight is 362 g/mol. The van der Waals surface area contributed by atoms with Gasteiger partial charge in [0.05, 0.1) is 10.0 Å². The summed E-state index contributed by atoms with van der Waals surface area (Å²) in [6, 6.07) is 2.64. The fraction of sp³-hybridized carbons (Fsp3) is 0.333. The van der Waals surface area contributed by atoms with Crippen LogP contribution in [-0.2, 0) is 10.0 Å². The molecule has 0 saturated carbocycles. The minimum atomic E-state index is -3.75. The number of sulfonamides is 1. The molecule has 0 heterocycles. The summed E-state index contributed by atoms with van der Waals surface area (Å²) in [4.78, 5) is -0.135. The highest BCUT2D eigenvalue weighted by atomic mass is 79.9. The summed E-state index contributed by atoms with van der Waals surface area (Å²) >= 11 is 14.9. The van der Waals surface area contributed by atoms with Crippen LogP contribution in [0.15, 0.2) is 21.5 Å². The van der Waals surface area contributed by atoms with Crippen molar-refractivity contribution in [3.8, 4) is 0 Å². The molecule has 0 amide bonds. The molecule has 0 radical (unpaired) electrons. The first-order chi connectivity index (χ1) is 7.74. The van der Waals surface area contributed by atoms with Gasteiger partial charge in [0, 0.05) is 17.1 Å². The van der Waals surface area contributed by atoms with Crippen molar-refractivity contribution >= 4 is 49.2 Å². The Labute approximate surface area is 119 Å². The first-order valence-corrected chi connectivity index (χ1v) is 7.67. The largest absolute Gasteiger partial charge is 0.327 e. The van der Waals surface area contributed by atoms with E-state index in [9.17, 15) is 8.42 Å². The molecular weight excluding hydrogens is 351 g/mol. The van der Waals surface area contributed by atoms with Crippen molar-refractivity contribution in [2.24, 2.45) is 5.73 Å². The summed E-state index contributed by atoms with van der Waals surface area (Å²) in [5.41, 5.74) is 5.48. The maximum atomic E-state index is 11.9. The molecular formula is C9H11BrCl2N2O2S. The van der Waals surface area contributed by atoms with E-state index in [-0.39, 0.29) is 27.5 Å². The lowest BCUT2D eigenvalue weighted by Gasteiger charge is -2.11. The Morgan fingerprint density at radius 3 is 2.29 bits per heavy atom. The minimum absolute atomic E-state index is 0.0570. The van der Waals surface area contributed by atoms with Gasteiger partial charge in [0.1, 0.15) is 4.90 Å². The second-order valence-electron chi connectivity index (χ2n) is 3.53. The fourth-order valence-electron chi connectivity index (χ4n) is 1.10. The molecule has 0 aliphatic heterocycles. The third kappa shape index (κ3) is 4.08. The molecule has 8 heteroatoms. The van der Waals surface area contributed by atoms with Crippen LogP contribution in [0.2, 0.25) is 10.0 Å². The van der Waals surface area contributed by atoms with Crippen molar-refractivity contribution in [3.05, 3.63) is 26.7 Å². The van der Waals surface area contributed by atoms with Gasteiger partial charge in [0.15, 0.2) is 0 Å². The van der Waals surface area contributed by atoms with E-state index < -0.39 is 10.0 Å². The Bertz CT molecular complexity index is 497. The first kappa shape index (κ1) is 15.2. The number of rotatable bonds is 4. The normalized spacial score (nSPS) is 13.7. The maximum Gasteiger partial charge on any atom is 0.243 e. The highest BCUT2D eigenvalue weighted by molar-refractivity contribution is 9.10. The van der Waals surface area contributed by atoms with E-state index >= 15 is 0 Å². The van der Waals surface area contributed by atoms with E-state index in [1.807, 2.05) is 0 Å². The number of nitrogens with two attached hydrogens (primary N) is 1. The van der Waals surface area contributed by atoms with Crippen LogP contribution in [0.3, 0.4) is 0 Å². The molecule has 0 aliphatic carbocycles. The summed E-state index contributed by atoms with van der Waals surface area (Å²) in [5, 5.41) is 0.114. The molecule has 3 N–H and O–H groups in total. The number of benzene rings is 1. The third-order valence-electron chi connectivity index (χ3n) is 1.83. The summed E-state index contributed by atoms with van der Waals surface area (Å²) < 4.78 is 26.8. The molecule has 1 unspecified atom stereocenters. The van der Waals surface area contributed by atoms with Crippen LogP contribution in [0, 0.1) is 0 Å². The van der Waals surface area contributed by atoms with Gasteiger partial charge < -0.3 is 5.73 Å². The predicted octanol–water partition coefficient (Wildman–Crippen LogP) is 2.38. The average Bonchev–Trinajstić information content (AvgIpc) is 2.12. The zero-order valence-electron chi connectivity index (χ0n) is 8.88. The molecule has 1 aromatic carbocycles. The van der Waals surface area contributed by atoms with E-state index in [0.717, 1.165) is 0 Å². The SMILES string of the molecule is CC(N)CNS(=O)(=O)c1c(Cl)cc(Br)cc1Cl. The van der Waals surface area contributed by atoms with Crippen LogP contribution in [0.1, 0.15) is 6.92 Å². The maximum absolute atomic E-state index is 11.9. The quantitative estimate of drug-likeness (QED) is 0.864. The van der Waals surface area contributed by atoms with Crippen LogP contribution < -0.4 is 10.5 Å². The molecule has 1 rings (SSSR count). The topological polar surface area (TPSA) is 72.2 Å². The lowest BCUT2D eigenvalue weighted by atomic mass is 10.4. The lowest BCUT2D eigenvalue weighted by molar-refractivity contribution is 0.574. The standard InChI is InChI=1S/C9H11BrCl2N2O2S/c1-5(13)4-14-17(15,16)9-7(11)2-6(10)3-8(9)12/h2-3,5,14H,4,13H2,1H3. The van der Waals surface area contributed by atoms with E-state index in [2.05, 4.69) is 20.7 Å². The Kier molecular flexibility index (Phi) is 5.24. The van der Waals surface area contributed by atoms with E-state index in [0.29, 0.717) is 4.47 Å². The molecule has 0 aromatic heterocycles. The monoisotopic (exact) mass is 360 g/mol. The molecule has 1 atom stereocenters. The van der Waals surface area contributed by atoms with E-state index in [1.165, 1.54) is 12.1 Å². The fourth-order valence-corrected chi connectivity index (χ4v) is 4.17. The molecule has 0 aliphatic rings. The minimum Gasteiger partial charge on any atom is -0.327 e. The van der Waals surface area contributed by atoms with Crippen LogP contribution in [0.4, 0.5) is 0 Å². The first-order valence-electron chi connectivity index (χ1n) is 4.64. The Morgan fingerprint density at radius 1 is 1.41 bits per heavy atom. The summed E-state index contributed by atoms with van der Waals surface area (Å²) in [6.45, 7) is 1.80. The predicted molar refractivity (Wildman–Crippen MR) is 73.0 cm³/mol. The van der Waals surface area contributed by atoms with Gasteiger partial charge in [-0.3, -0.25) is 0 Å². The van der Waals surface area contributed by atoms with Gasteiger partial charge in [-0.25, -0.2) is 13.1 Å². The van der Waals surface area contributed by atoms with Crippen LogP contribution in [-0.4, -0.2) is 21.0 Å². The molecule has 1 aromatic rings. The van der Waals surface area contributed by atoms with E-state index in [1.54, 1.807) is 6.92 Å². The Balaban J connectivity index is 3.16. The molecule has 0 spiro atoms. The van der Waals surface area contributed by atoms with Crippen molar-refractivity contribution in [2.75, 3.05) is 6.54 Å². The Hall–Kier alpha value is 0.150. The molecule has 17 heavy (non-hydrogen) atoms. The summed E-state index contributed by atoms with van der Waals surface area (Å²) in [7, 11) is -3.75. The molecule has 4 nitrogen and oxygen atoms in total. The van der Waals surface area contributed by atoms with Gasteiger partial charge in [0.2, 0.25) is 10.0 Å². The summed E-state index contributed by atoms with van der Waals surface area (Å²) in [5.74, 6) is 0. The molecule has 0 bridgehead atoms. The summed E-state index contributed by atoms with van der Waals surface area (Å²) in [6.07, 6.45) is 0. The van der Waals surface area contributed by atoms with Crippen molar-refractivity contribution in [1.82, 2.24) is 4.72 Å². The number of hydrogen-bond donors (Lipinski definition) is 2. The zero-order chi connectivity index (χ0) is 13.2. The second kappa shape index (κ2) is 5.86. The third-order valence-corrected chi connectivity index (χ3v) is 4.63. The van der Waals surface area contributed by atoms with Crippen molar-refractivity contribution in [2.45, 2.75) is 17.9 Å². The smallest absolute Gasteiger partial charge is 0.243 e. The molecule has 0 fully saturated rings. The van der Waals surface area contributed by atoms with Gasteiger partial charge >= 0.3 is 0 Å². The number of halogens is 3. The highest BCUT2D eigenvalue weighted by Gasteiger charge is 2.22. The van der Waals surface area contributed by atoms with Crippen molar-refractivity contribution < 1.29 is 8.42 Å². The van der Waals surface area contributed by atoms with Gasteiger partial charge in [-0.2, -0.15) is 0 Å². The van der Waals surface area contributed by atoms with Crippen LogP contribution >= 0.6 is 39.1 Å². The van der Waals surface area contributed by atoms with Gasteiger partial charge in [-0.1, -0.05) is 39.1 Å². The molecule has 0 saturated heterocycles. The van der Waals surface area contributed by atoms with Gasteiger partial charge in [-0.05, 0) is 19.1 Å². The zero-order valence-corrected chi connectivity index (χ0v) is 12.8. The van der Waals surface area contributed by atoms with Crippen LogP contribution in [0.5, 0.6) is 0 Å². The number of nitrogens with one attached hydrogen (secondary N) is 1. The van der Waals surface area contributed by atoms with Gasteiger partial charge in [-0.15, -0.1) is 0 Å². The van der Waals surface area contributed by atoms with Crippen LogP contribution in [0.25, 0.3) is 0 Å². The van der Waals surface area contributed by atoms with Crippen molar-refractivity contribution in [1.29, 1.82) is 0 Å². The molecule has 96 valence electrons. The Morgan fingerprint density at radius 2 is 1.88 bits per heavy atom. The van der Waals surface area contributed by atoms with Crippen molar-refractivity contribution in [3.63, 3.8) is 0 Å².